The Hall–Kier alpha value is -2.56. The van der Waals surface area contributed by atoms with Crippen LogP contribution in [0.4, 0.5) is 13.2 Å². The Labute approximate surface area is 111 Å². The van der Waals surface area contributed by atoms with Gasteiger partial charge in [-0.15, -0.1) is 0 Å². The number of pyridine rings is 1. The van der Waals surface area contributed by atoms with Crippen molar-refractivity contribution in [3.05, 3.63) is 60.2 Å². The maximum atomic E-state index is 14.2. The molecule has 4 rings (SSSR count). The van der Waals surface area contributed by atoms with E-state index >= 15 is 0 Å². The Morgan fingerprint density at radius 3 is 2.65 bits per heavy atom. The van der Waals surface area contributed by atoms with E-state index in [4.69, 9.17) is 0 Å². The Kier molecular flexibility index (Phi) is 2.10. The number of hydrogen-bond donors (Lipinski definition) is 0. The van der Waals surface area contributed by atoms with Gasteiger partial charge in [0.25, 0.3) is 0 Å². The topological polar surface area (TPSA) is 17.3 Å². The van der Waals surface area contributed by atoms with Crippen LogP contribution >= 0.6 is 0 Å². The molecular weight excluding hydrogens is 265 g/mol. The van der Waals surface area contributed by atoms with Crippen LogP contribution in [0.5, 0.6) is 0 Å². The van der Waals surface area contributed by atoms with Crippen LogP contribution in [-0.4, -0.2) is 9.38 Å². The molecule has 0 saturated heterocycles. The SMILES string of the molecule is Fc1ccc2c(c1)c1c(F)c(F)ccc1c1nccn21. The number of benzene rings is 2. The van der Waals surface area contributed by atoms with E-state index in [0.29, 0.717) is 21.9 Å². The molecule has 4 aromatic rings. The van der Waals surface area contributed by atoms with Gasteiger partial charge in [0.15, 0.2) is 11.6 Å². The van der Waals surface area contributed by atoms with Crippen molar-refractivity contribution in [2.24, 2.45) is 0 Å². The quantitative estimate of drug-likeness (QED) is 0.441. The molecule has 2 aromatic heterocycles. The van der Waals surface area contributed by atoms with Crippen LogP contribution in [0, 0.1) is 17.5 Å². The van der Waals surface area contributed by atoms with Crippen LogP contribution in [-0.2, 0) is 0 Å². The number of rotatable bonds is 0. The molecule has 0 atom stereocenters. The molecule has 0 aliphatic carbocycles. The number of halogens is 3. The molecule has 2 aromatic carbocycles. The fourth-order valence-corrected chi connectivity index (χ4v) is 2.62. The summed E-state index contributed by atoms with van der Waals surface area (Å²) >= 11 is 0. The van der Waals surface area contributed by atoms with Crippen molar-refractivity contribution in [1.82, 2.24) is 9.38 Å². The highest BCUT2D eigenvalue weighted by atomic mass is 19.2. The lowest BCUT2D eigenvalue weighted by Crippen LogP contribution is -1.95. The second kappa shape index (κ2) is 3.72. The van der Waals surface area contributed by atoms with Crippen molar-refractivity contribution in [2.75, 3.05) is 0 Å². The Morgan fingerprint density at radius 1 is 0.950 bits per heavy atom. The summed E-state index contributed by atoms with van der Waals surface area (Å²) in [4.78, 5) is 4.17. The summed E-state index contributed by atoms with van der Waals surface area (Å²) in [5, 5.41) is 0.827. The summed E-state index contributed by atoms with van der Waals surface area (Å²) < 4.78 is 42.9. The molecule has 0 amide bonds. The standard InChI is InChI=1S/C15H7F3N2/c16-8-1-4-12-10(7-8)13-9(2-3-11(17)14(13)18)15-19-5-6-20(12)15/h1-7H. The van der Waals surface area contributed by atoms with Gasteiger partial charge in [0.1, 0.15) is 11.5 Å². The zero-order valence-electron chi connectivity index (χ0n) is 10.1. The highest BCUT2D eigenvalue weighted by molar-refractivity contribution is 6.11. The normalized spacial score (nSPS) is 11.8. The van der Waals surface area contributed by atoms with Gasteiger partial charge in [-0.05, 0) is 30.3 Å². The van der Waals surface area contributed by atoms with Crippen LogP contribution in [0.1, 0.15) is 0 Å². The van der Waals surface area contributed by atoms with Gasteiger partial charge in [-0.2, -0.15) is 0 Å². The minimum Gasteiger partial charge on any atom is -0.299 e. The first-order valence-corrected chi connectivity index (χ1v) is 5.99. The second-order valence-corrected chi connectivity index (χ2v) is 4.57. The maximum Gasteiger partial charge on any atom is 0.167 e. The largest absolute Gasteiger partial charge is 0.299 e. The fraction of sp³-hybridized carbons (Fsp3) is 0. The maximum absolute atomic E-state index is 14.2. The summed E-state index contributed by atoms with van der Waals surface area (Å²) in [5.74, 6) is -2.44. The number of hydrogen-bond acceptors (Lipinski definition) is 1. The van der Waals surface area contributed by atoms with Crippen molar-refractivity contribution >= 4 is 27.3 Å². The second-order valence-electron chi connectivity index (χ2n) is 4.57. The van der Waals surface area contributed by atoms with Gasteiger partial charge in [-0.3, -0.25) is 4.40 Å². The predicted molar refractivity (Wildman–Crippen MR) is 70.1 cm³/mol. The lowest BCUT2D eigenvalue weighted by atomic mass is 10.0. The molecule has 0 bridgehead atoms. The van der Waals surface area contributed by atoms with Crippen molar-refractivity contribution in [2.45, 2.75) is 0 Å². The van der Waals surface area contributed by atoms with Gasteiger partial charge in [0.05, 0.1) is 5.52 Å². The number of aromatic nitrogens is 2. The minimum atomic E-state index is -0.983. The Bertz CT molecular complexity index is 989. The van der Waals surface area contributed by atoms with E-state index < -0.39 is 17.5 Å². The Morgan fingerprint density at radius 2 is 1.80 bits per heavy atom. The lowest BCUT2D eigenvalue weighted by molar-refractivity contribution is 0.517. The first kappa shape index (κ1) is 11.3. The summed E-state index contributed by atoms with van der Waals surface area (Å²) in [7, 11) is 0. The van der Waals surface area contributed by atoms with Crippen molar-refractivity contribution in [3.8, 4) is 0 Å². The number of nitrogens with zero attached hydrogens (tertiary/aromatic N) is 2. The fourth-order valence-electron chi connectivity index (χ4n) is 2.62. The Balaban J connectivity index is 2.45. The van der Waals surface area contributed by atoms with E-state index in [1.807, 2.05) is 0 Å². The number of imidazole rings is 1. The third-order valence-corrected chi connectivity index (χ3v) is 3.46. The van der Waals surface area contributed by atoms with Gasteiger partial charge in [0, 0.05) is 28.6 Å². The van der Waals surface area contributed by atoms with E-state index in [0.717, 1.165) is 6.07 Å². The summed E-state index contributed by atoms with van der Waals surface area (Å²) in [6.45, 7) is 0. The number of fused-ring (bicyclic) bond motifs is 6. The van der Waals surface area contributed by atoms with Crippen LogP contribution in [0.3, 0.4) is 0 Å². The van der Waals surface area contributed by atoms with E-state index in [1.165, 1.54) is 24.3 Å². The zero-order valence-corrected chi connectivity index (χ0v) is 10.1. The summed E-state index contributed by atoms with van der Waals surface area (Å²) in [6.07, 6.45) is 3.27. The molecule has 98 valence electrons. The molecule has 0 aliphatic rings. The molecule has 0 N–H and O–H groups in total. The van der Waals surface area contributed by atoms with Gasteiger partial charge >= 0.3 is 0 Å². The highest BCUT2D eigenvalue weighted by Crippen LogP contribution is 2.32. The van der Waals surface area contributed by atoms with Gasteiger partial charge in [-0.1, -0.05) is 0 Å². The molecule has 0 fully saturated rings. The first-order chi connectivity index (χ1) is 9.66. The molecule has 2 nitrogen and oxygen atoms in total. The highest BCUT2D eigenvalue weighted by Gasteiger charge is 2.15. The predicted octanol–water partition coefficient (Wildman–Crippen LogP) is 4.06. The van der Waals surface area contributed by atoms with Gasteiger partial charge in [-0.25, -0.2) is 18.2 Å². The van der Waals surface area contributed by atoms with E-state index in [-0.39, 0.29) is 5.39 Å². The average molecular weight is 272 g/mol. The van der Waals surface area contributed by atoms with Crippen molar-refractivity contribution in [1.29, 1.82) is 0 Å². The third kappa shape index (κ3) is 1.32. The van der Waals surface area contributed by atoms with Crippen molar-refractivity contribution < 1.29 is 13.2 Å². The first-order valence-electron chi connectivity index (χ1n) is 5.99. The monoisotopic (exact) mass is 272 g/mol. The van der Waals surface area contributed by atoms with Crippen LogP contribution < -0.4 is 0 Å². The molecule has 20 heavy (non-hydrogen) atoms. The van der Waals surface area contributed by atoms with Gasteiger partial charge in [0.2, 0.25) is 0 Å². The van der Waals surface area contributed by atoms with E-state index in [9.17, 15) is 13.2 Å². The molecule has 0 aliphatic heterocycles. The summed E-state index contributed by atoms with van der Waals surface area (Å²) in [5.41, 5.74) is 1.09. The van der Waals surface area contributed by atoms with Crippen LogP contribution in [0.2, 0.25) is 0 Å². The van der Waals surface area contributed by atoms with E-state index in [2.05, 4.69) is 4.98 Å². The molecule has 0 unspecified atom stereocenters. The summed E-state index contributed by atoms with van der Waals surface area (Å²) in [6, 6.07) is 6.53. The minimum absolute atomic E-state index is 0.0539. The third-order valence-electron chi connectivity index (χ3n) is 3.46. The molecule has 0 radical (unpaired) electrons. The molecule has 0 saturated carbocycles. The molecule has 2 heterocycles. The van der Waals surface area contributed by atoms with Crippen LogP contribution in [0.15, 0.2) is 42.7 Å². The van der Waals surface area contributed by atoms with Gasteiger partial charge < -0.3 is 0 Å². The smallest absolute Gasteiger partial charge is 0.167 e. The van der Waals surface area contributed by atoms with E-state index in [1.54, 1.807) is 16.8 Å². The van der Waals surface area contributed by atoms with Crippen LogP contribution in [0.25, 0.3) is 27.3 Å². The molecule has 5 heteroatoms. The molecular formula is C15H7F3N2. The lowest BCUT2D eigenvalue weighted by Gasteiger charge is -2.09. The zero-order chi connectivity index (χ0) is 13.9. The molecule has 0 spiro atoms. The van der Waals surface area contributed by atoms with Crippen molar-refractivity contribution in [3.63, 3.8) is 0 Å². The average Bonchev–Trinajstić information content (AvgIpc) is 2.91.